The zero-order chi connectivity index (χ0) is 26.7. The number of carbonyl (C=O) groups excluding carboxylic acids is 3. The van der Waals surface area contributed by atoms with Crippen molar-refractivity contribution in [2.75, 3.05) is 7.11 Å². The second-order valence-corrected chi connectivity index (χ2v) is 8.29. The number of nitrogens with one attached hydrogen (secondary N) is 2. The first-order valence-corrected chi connectivity index (χ1v) is 11.3. The molecule has 2 rings (SSSR count). The van der Waals surface area contributed by atoms with E-state index in [1.165, 1.54) is 25.5 Å². The summed E-state index contributed by atoms with van der Waals surface area (Å²) in [5, 5.41) is 0. The van der Waals surface area contributed by atoms with Crippen LogP contribution >= 0.6 is 0 Å². The Bertz CT molecular complexity index is 884. The monoisotopic (exact) mass is 470 g/mol. The van der Waals surface area contributed by atoms with Gasteiger partial charge < -0.3 is 4.74 Å². The van der Waals surface area contributed by atoms with E-state index >= 15 is 0 Å². The molecule has 0 fully saturated rings. The minimum atomic E-state index is -0.376. The van der Waals surface area contributed by atoms with E-state index in [0.717, 1.165) is 23.0 Å². The molecule has 0 spiro atoms. The Morgan fingerprint density at radius 3 is 2.06 bits per heavy atom. The topological polar surface area (TPSA) is 84.5 Å². The van der Waals surface area contributed by atoms with Gasteiger partial charge in [-0.2, -0.15) is 0 Å². The highest BCUT2D eigenvalue weighted by Gasteiger charge is 2.14. The number of aryl methyl sites for hydroxylation is 1. The largest absolute Gasteiger partial charge is 0.496 e. The van der Waals surface area contributed by atoms with Crippen molar-refractivity contribution >= 4 is 18.6 Å². The highest BCUT2D eigenvalue weighted by Crippen LogP contribution is 2.23. The first-order valence-electron chi connectivity index (χ1n) is 11.3. The molecular weight excluding hydrogens is 428 g/mol. The third-order valence-corrected chi connectivity index (χ3v) is 4.77. The van der Waals surface area contributed by atoms with Gasteiger partial charge in [0, 0.05) is 16.7 Å². The molecule has 0 aliphatic rings. The molecule has 2 aromatic rings. The van der Waals surface area contributed by atoms with Gasteiger partial charge in [-0.15, -0.1) is 13.2 Å². The second-order valence-electron chi connectivity index (χ2n) is 8.29. The van der Waals surface area contributed by atoms with Crippen LogP contribution in [0.3, 0.4) is 0 Å². The van der Waals surface area contributed by atoms with Gasteiger partial charge in [-0.25, -0.2) is 0 Å². The lowest BCUT2D eigenvalue weighted by molar-refractivity contribution is -0.110. The van der Waals surface area contributed by atoms with Gasteiger partial charge in [0.05, 0.1) is 7.11 Å². The molecule has 0 bridgehead atoms. The summed E-state index contributed by atoms with van der Waals surface area (Å²) in [6, 6.07) is 11.2. The normalized spacial score (nSPS) is 9.41. The van der Waals surface area contributed by atoms with E-state index < -0.39 is 0 Å². The van der Waals surface area contributed by atoms with Gasteiger partial charge in [-0.3, -0.25) is 25.2 Å². The molecule has 2 N–H and O–H groups in total. The molecular formula is C28H42N2O4. The maximum absolute atomic E-state index is 11.5. The Labute approximate surface area is 205 Å². The minimum absolute atomic E-state index is 0.117. The molecule has 0 aliphatic heterocycles. The number of hydrogen-bond donors (Lipinski definition) is 2. The van der Waals surface area contributed by atoms with Crippen LogP contribution in [0.4, 0.5) is 0 Å². The van der Waals surface area contributed by atoms with Gasteiger partial charge >= 0.3 is 0 Å². The van der Waals surface area contributed by atoms with Crippen LogP contribution in [0.15, 0.2) is 49.6 Å². The van der Waals surface area contributed by atoms with Crippen molar-refractivity contribution in [1.82, 2.24) is 10.9 Å². The third-order valence-electron chi connectivity index (χ3n) is 4.77. The summed E-state index contributed by atoms with van der Waals surface area (Å²) in [7, 11) is 1.54. The number of rotatable bonds is 6. The summed E-state index contributed by atoms with van der Waals surface area (Å²) in [5.41, 5.74) is 8.68. The van der Waals surface area contributed by atoms with Crippen LogP contribution < -0.4 is 15.6 Å². The summed E-state index contributed by atoms with van der Waals surface area (Å²) in [5.74, 6) is 0.257. The van der Waals surface area contributed by atoms with Gasteiger partial charge in [-0.05, 0) is 48.6 Å². The molecule has 2 amide bonds. The zero-order valence-electron chi connectivity index (χ0n) is 22.1. The summed E-state index contributed by atoms with van der Waals surface area (Å²) in [6.07, 6.45) is 3.96. The average Bonchev–Trinajstić information content (AvgIpc) is 2.84. The van der Waals surface area contributed by atoms with Gasteiger partial charge in [0.25, 0.3) is 5.91 Å². The number of benzene rings is 2. The number of methoxy groups -OCH3 is 1. The molecule has 0 unspecified atom stereocenters. The predicted molar refractivity (Wildman–Crippen MR) is 141 cm³/mol. The van der Waals surface area contributed by atoms with E-state index in [1.807, 2.05) is 19.1 Å². The van der Waals surface area contributed by atoms with Crippen molar-refractivity contribution in [3.05, 3.63) is 77.4 Å². The lowest BCUT2D eigenvalue weighted by atomic mass is 9.85. The molecule has 6 heteroatoms. The van der Waals surface area contributed by atoms with Crippen LogP contribution in [-0.2, 0) is 10.2 Å². The fourth-order valence-electron chi connectivity index (χ4n) is 2.48. The Balaban J connectivity index is 0. The van der Waals surface area contributed by atoms with E-state index in [0.29, 0.717) is 17.7 Å². The van der Waals surface area contributed by atoms with Crippen LogP contribution in [0, 0.1) is 13.8 Å². The van der Waals surface area contributed by atoms with Crippen LogP contribution in [0.5, 0.6) is 5.75 Å². The number of hydrogen-bond acceptors (Lipinski definition) is 4. The fourth-order valence-corrected chi connectivity index (χ4v) is 2.48. The van der Waals surface area contributed by atoms with Crippen LogP contribution in [0.2, 0.25) is 0 Å². The van der Waals surface area contributed by atoms with Crippen molar-refractivity contribution in [1.29, 1.82) is 0 Å². The van der Waals surface area contributed by atoms with Crippen molar-refractivity contribution in [2.24, 2.45) is 0 Å². The molecule has 0 atom stereocenters. The number of aldehydes is 1. The molecule has 188 valence electrons. The highest BCUT2D eigenvalue weighted by atomic mass is 16.5. The third kappa shape index (κ3) is 12.0. The van der Waals surface area contributed by atoms with Gasteiger partial charge in [0.1, 0.15) is 12.0 Å². The van der Waals surface area contributed by atoms with Crippen LogP contribution in [0.25, 0.3) is 0 Å². The molecule has 0 aromatic heterocycles. The number of unbranched alkanes of at least 4 members (excludes halogenated alkanes) is 1. The van der Waals surface area contributed by atoms with Crippen molar-refractivity contribution in [2.45, 2.75) is 66.7 Å². The number of hydrazine groups is 1. The van der Waals surface area contributed by atoms with Crippen LogP contribution in [0.1, 0.15) is 84.9 Å². The van der Waals surface area contributed by atoms with Gasteiger partial charge in [0.15, 0.2) is 0 Å². The Morgan fingerprint density at radius 1 is 1.03 bits per heavy atom. The molecule has 0 saturated carbocycles. The quantitative estimate of drug-likeness (QED) is 0.303. The maximum atomic E-state index is 11.5. The molecule has 2 aromatic carbocycles. The molecule has 6 nitrogen and oxygen atoms in total. The molecule has 0 radical (unpaired) electrons. The van der Waals surface area contributed by atoms with Crippen molar-refractivity contribution in [3.8, 4) is 5.75 Å². The van der Waals surface area contributed by atoms with Crippen molar-refractivity contribution in [3.63, 3.8) is 0 Å². The summed E-state index contributed by atoms with van der Waals surface area (Å²) in [4.78, 5) is 32.2. The highest BCUT2D eigenvalue weighted by molar-refractivity contribution is 5.96. The number of amides is 2. The fraction of sp³-hybridized carbons (Fsp3) is 0.393. The SMILES string of the molecule is C=C.CCCC.COc1cccc(C(=O)NNC=O)c1C.Cc1ccc(C(C)(C)C)cc1C=O. The lowest BCUT2D eigenvalue weighted by Crippen LogP contribution is -2.36. The van der Waals surface area contributed by atoms with E-state index in [2.05, 4.69) is 64.7 Å². The smallest absolute Gasteiger partial charge is 0.270 e. The summed E-state index contributed by atoms with van der Waals surface area (Å²) in [6.45, 7) is 20.5. The predicted octanol–water partition coefficient (Wildman–Crippen LogP) is 6.11. The van der Waals surface area contributed by atoms with E-state index in [-0.39, 0.29) is 11.3 Å². The lowest BCUT2D eigenvalue weighted by Gasteiger charge is -2.19. The van der Waals surface area contributed by atoms with Gasteiger partial charge in [0.2, 0.25) is 6.41 Å². The Kier molecular flexibility index (Phi) is 17.4. The first-order chi connectivity index (χ1) is 16.1. The second kappa shape index (κ2) is 18.1. The molecule has 34 heavy (non-hydrogen) atoms. The van der Waals surface area contributed by atoms with E-state index in [1.54, 1.807) is 25.1 Å². The Hall–Kier alpha value is -3.41. The Morgan fingerprint density at radius 2 is 1.62 bits per heavy atom. The minimum Gasteiger partial charge on any atom is -0.496 e. The average molecular weight is 471 g/mol. The maximum Gasteiger partial charge on any atom is 0.270 e. The van der Waals surface area contributed by atoms with Gasteiger partial charge in [-0.1, -0.05) is 65.7 Å². The van der Waals surface area contributed by atoms with E-state index in [4.69, 9.17) is 4.74 Å². The summed E-state index contributed by atoms with van der Waals surface area (Å²) >= 11 is 0. The van der Waals surface area contributed by atoms with E-state index in [9.17, 15) is 14.4 Å². The zero-order valence-corrected chi connectivity index (χ0v) is 22.1. The van der Waals surface area contributed by atoms with Crippen LogP contribution in [-0.4, -0.2) is 25.7 Å². The van der Waals surface area contributed by atoms with Crippen molar-refractivity contribution < 1.29 is 19.1 Å². The number of carbonyl (C=O) groups is 3. The number of ether oxygens (including phenoxy) is 1. The first kappa shape index (κ1) is 32.8. The molecule has 0 saturated heterocycles. The standard InChI is InChI=1S/C12H16O.C10H12N2O3.C4H10.C2H4/c1-9-5-6-11(12(2,3)4)7-10(9)8-13;1-7-8(10(14)12-11-6-13)4-3-5-9(7)15-2;1-3-4-2;1-2/h5-8H,1-4H3;3-6H,1-2H3,(H,11,13)(H,12,14);3-4H2,1-2H3;1-2H2. The molecule has 0 heterocycles. The summed E-state index contributed by atoms with van der Waals surface area (Å²) < 4.78 is 5.07. The molecule has 0 aliphatic carbocycles.